The zero-order chi connectivity index (χ0) is 16.4. The highest BCUT2D eigenvalue weighted by Gasteiger charge is 2.14. The van der Waals surface area contributed by atoms with Crippen LogP contribution in [0.5, 0.6) is 0 Å². The van der Waals surface area contributed by atoms with Gasteiger partial charge < -0.3 is 4.42 Å². The first-order valence-corrected chi connectivity index (χ1v) is 9.19. The van der Waals surface area contributed by atoms with Gasteiger partial charge in [-0.1, -0.05) is 11.2 Å². The van der Waals surface area contributed by atoms with E-state index in [9.17, 15) is 13.2 Å². The molecule has 3 aromatic rings. The molecule has 3 rings (SSSR count). The summed E-state index contributed by atoms with van der Waals surface area (Å²) in [7, 11) is -3.30. The Morgan fingerprint density at radius 2 is 1.91 bits per heavy atom. The lowest BCUT2D eigenvalue weighted by Gasteiger charge is -2.02. The summed E-state index contributed by atoms with van der Waals surface area (Å²) in [6.45, 7) is 0. The average Bonchev–Trinajstić information content (AvgIpc) is 3.17. The lowest BCUT2D eigenvalue weighted by atomic mass is 10.2. The molecule has 118 valence electrons. The first-order chi connectivity index (χ1) is 10.9. The molecule has 23 heavy (non-hydrogen) atoms. The Kier molecular flexibility index (Phi) is 3.97. The second-order valence-corrected chi connectivity index (χ2v) is 7.60. The molecule has 0 unspecified atom stereocenters. The van der Waals surface area contributed by atoms with Gasteiger partial charge >= 0.3 is 6.01 Å². The van der Waals surface area contributed by atoms with E-state index in [2.05, 4.69) is 15.5 Å². The second kappa shape index (κ2) is 5.94. The summed E-state index contributed by atoms with van der Waals surface area (Å²) in [5, 5.41) is 12.0. The van der Waals surface area contributed by atoms with Crippen molar-refractivity contribution in [2.45, 2.75) is 4.90 Å². The van der Waals surface area contributed by atoms with Crippen molar-refractivity contribution in [3.63, 3.8) is 0 Å². The predicted octanol–water partition coefficient (Wildman–Crippen LogP) is 2.45. The van der Waals surface area contributed by atoms with E-state index < -0.39 is 15.7 Å². The molecule has 1 amide bonds. The monoisotopic (exact) mass is 349 g/mol. The number of rotatable bonds is 4. The van der Waals surface area contributed by atoms with Crippen molar-refractivity contribution in [3.05, 3.63) is 47.3 Å². The Labute approximate surface area is 135 Å². The van der Waals surface area contributed by atoms with Gasteiger partial charge in [0.25, 0.3) is 11.8 Å². The zero-order valence-electron chi connectivity index (χ0n) is 11.9. The molecule has 0 aliphatic rings. The predicted molar refractivity (Wildman–Crippen MR) is 85.1 cm³/mol. The quantitative estimate of drug-likeness (QED) is 0.776. The van der Waals surface area contributed by atoms with Gasteiger partial charge in [0.05, 0.1) is 9.77 Å². The van der Waals surface area contributed by atoms with E-state index >= 15 is 0 Å². The molecule has 7 nitrogen and oxygen atoms in total. The molecule has 0 fully saturated rings. The molecular formula is C14H11N3O4S2. The number of anilines is 1. The van der Waals surface area contributed by atoms with Crippen LogP contribution in [0.2, 0.25) is 0 Å². The lowest BCUT2D eigenvalue weighted by molar-refractivity contribution is 0.102. The van der Waals surface area contributed by atoms with Gasteiger partial charge in [-0.2, -0.15) is 0 Å². The highest BCUT2D eigenvalue weighted by molar-refractivity contribution is 7.90. The molecule has 0 atom stereocenters. The Hall–Kier alpha value is -2.52. The van der Waals surface area contributed by atoms with E-state index in [-0.39, 0.29) is 16.5 Å². The number of thiophene rings is 1. The van der Waals surface area contributed by atoms with Crippen LogP contribution < -0.4 is 5.32 Å². The van der Waals surface area contributed by atoms with E-state index in [0.717, 1.165) is 11.1 Å². The zero-order valence-corrected chi connectivity index (χ0v) is 13.5. The number of carbonyl (C=O) groups is 1. The molecule has 0 saturated carbocycles. The number of amides is 1. The summed E-state index contributed by atoms with van der Waals surface area (Å²) in [6.07, 6.45) is 1.10. The topological polar surface area (TPSA) is 102 Å². The summed E-state index contributed by atoms with van der Waals surface area (Å²) in [6, 6.07) is 9.24. The molecule has 0 spiro atoms. The first kappa shape index (κ1) is 15.4. The summed E-state index contributed by atoms with van der Waals surface area (Å²) >= 11 is 1.44. The largest absolute Gasteiger partial charge is 0.402 e. The molecule has 0 aliphatic carbocycles. The Morgan fingerprint density at radius 3 is 2.52 bits per heavy atom. The summed E-state index contributed by atoms with van der Waals surface area (Å²) in [5.74, 6) is -0.144. The van der Waals surface area contributed by atoms with Crippen LogP contribution in [0.1, 0.15) is 10.4 Å². The first-order valence-electron chi connectivity index (χ1n) is 6.42. The fourth-order valence-electron chi connectivity index (χ4n) is 1.80. The van der Waals surface area contributed by atoms with Crippen LogP contribution in [0.4, 0.5) is 6.01 Å². The van der Waals surface area contributed by atoms with Gasteiger partial charge in [-0.3, -0.25) is 10.1 Å². The standard InChI is InChI=1S/C14H11N3O4S2/c1-23(19,20)10-6-4-9(5-7-10)12(18)15-14-17-16-13(21-14)11-3-2-8-22-11/h2-8H,1H3,(H,15,17,18). The van der Waals surface area contributed by atoms with Crippen LogP contribution in [-0.2, 0) is 9.84 Å². The van der Waals surface area contributed by atoms with Crippen molar-refractivity contribution < 1.29 is 17.6 Å². The van der Waals surface area contributed by atoms with Gasteiger partial charge in [0.15, 0.2) is 9.84 Å². The minimum atomic E-state index is -3.30. The fourth-order valence-corrected chi connectivity index (χ4v) is 3.07. The lowest BCUT2D eigenvalue weighted by Crippen LogP contribution is -2.12. The molecule has 2 heterocycles. The van der Waals surface area contributed by atoms with Gasteiger partial charge in [0, 0.05) is 11.8 Å². The highest BCUT2D eigenvalue weighted by Crippen LogP contribution is 2.24. The van der Waals surface area contributed by atoms with Crippen LogP contribution in [0.25, 0.3) is 10.8 Å². The summed E-state index contributed by atoms with van der Waals surface area (Å²) < 4.78 is 28.1. The number of hydrogen-bond acceptors (Lipinski definition) is 7. The third-order valence-corrected chi connectivity index (χ3v) is 4.91. The van der Waals surface area contributed by atoms with Crippen LogP contribution in [-0.4, -0.2) is 30.8 Å². The SMILES string of the molecule is CS(=O)(=O)c1ccc(C(=O)Nc2nnc(-c3cccs3)o2)cc1. The molecule has 1 aromatic carbocycles. The van der Waals surface area contributed by atoms with Crippen LogP contribution in [0.15, 0.2) is 51.1 Å². The number of carbonyl (C=O) groups excluding carboxylic acids is 1. The van der Waals surface area contributed by atoms with Crippen LogP contribution in [0.3, 0.4) is 0 Å². The number of hydrogen-bond donors (Lipinski definition) is 1. The van der Waals surface area contributed by atoms with Crippen molar-refractivity contribution in [1.29, 1.82) is 0 Å². The van der Waals surface area contributed by atoms with E-state index in [1.807, 2.05) is 17.5 Å². The normalized spacial score (nSPS) is 11.3. The number of sulfone groups is 1. The number of nitrogens with zero attached hydrogens (tertiary/aromatic N) is 2. The third kappa shape index (κ3) is 3.46. The average molecular weight is 349 g/mol. The fraction of sp³-hybridized carbons (Fsp3) is 0.0714. The van der Waals surface area contributed by atoms with Crippen molar-refractivity contribution in [2.75, 3.05) is 11.6 Å². The molecule has 2 aromatic heterocycles. The Morgan fingerprint density at radius 1 is 1.17 bits per heavy atom. The number of nitrogens with one attached hydrogen (secondary N) is 1. The van der Waals surface area contributed by atoms with Crippen LogP contribution in [0, 0.1) is 0 Å². The maximum atomic E-state index is 12.1. The van der Waals surface area contributed by atoms with Gasteiger partial charge in [-0.05, 0) is 35.7 Å². The molecule has 1 N–H and O–H groups in total. The Bertz CT molecular complexity index is 929. The van der Waals surface area contributed by atoms with Crippen molar-refractivity contribution >= 4 is 33.1 Å². The van der Waals surface area contributed by atoms with Gasteiger partial charge in [0.1, 0.15) is 0 Å². The third-order valence-electron chi connectivity index (χ3n) is 2.92. The summed E-state index contributed by atoms with van der Waals surface area (Å²) in [4.78, 5) is 13.0. The van der Waals surface area contributed by atoms with Crippen molar-refractivity contribution in [1.82, 2.24) is 10.2 Å². The molecule has 9 heteroatoms. The minimum Gasteiger partial charge on any atom is -0.402 e. The second-order valence-electron chi connectivity index (χ2n) is 4.64. The van der Waals surface area contributed by atoms with E-state index in [4.69, 9.17) is 4.42 Å². The maximum absolute atomic E-state index is 12.1. The molecular weight excluding hydrogens is 338 g/mol. The van der Waals surface area contributed by atoms with Gasteiger partial charge in [-0.25, -0.2) is 8.42 Å². The van der Waals surface area contributed by atoms with Crippen molar-refractivity contribution in [3.8, 4) is 10.8 Å². The van der Waals surface area contributed by atoms with Gasteiger partial charge in [0.2, 0.25) is 0 Å². The van der Waals surface area contributed by atoms with Crippen molar-refractivity contribution in [2.24, 2.45) is 0 Å². The highest BCUT2D eigenvalue weighted by atomic mass is 32.2. The summed E-state index contributed by atoms with van der Waals surface area (Å²) in [5.41, 5.74) is 0.285. The van der Waals surface area contributed by atoms with E-state index in [1.54, 1.807) is 0 Å². The van der Waals surface area contributed by atoms with Crippen LogP contribution >= 0.6 is 11.3 Å². The molecule has 0 aliphatic heterocycles. The molecule has 0 bridgehead atoms. The smallest absolute Gasteiger partial charge is 0.322 e. The number of aromatic nitrogens is 2. The van der Waals surface area contributed by atoms with E-state index in [1.165, 1.54) is 35.6 Å². The molecule has 0 radical (unpaired) electrons. The van der Waals surface area contributed by atoms with E-state index in [0.29, 0.717) is 5.89 Å². The molecule has 0 saturated heterocycles. The Balaban J connectivity index is 1.74. The number of benzene rings is 1. The van der Waals surface area contributed by atoms with Gasteiger partial charge in [-0.15, -0.1) is 16.4 Å². The minimum absolute atomic E-state index is 0.0226. The maximum Gasteiger partial charge on any atom is 0.322 e.